The molecule has 0 saturated heterocycles. The maximum atomic E-state index is 12.1. The van der Waals surface area contributed by atoms with Crippen LogP contribution in [0.4, 0.5) is 0 Å². The van der Waals surface area contributed by atoms with Gasteiger partial charge in [-0.1, -0.05) is 49.0 Å². The second-order valence-electron chi connectivity index (χ2n) is 6.43. The van der Waals surface area contributed by atoms with E-state index in [-0.39, 0.29) is 11.9 Å². The molecule has 0 spiro atoms. The summed E-state index contributed by atoms with van der Waals surface area (Å²) in [6.45, 7) is 6.58. The van der Waals surface area contributed by atoms with Crippen LogP contribution in [0.1, 0.15) is 31.6 Å². The number of furan rings is 1. The molecule has 0 aliphatic heterocycles. The van der Waals surface area contributed by atoms with Crippen molar-refractivity contribution < 1.29 is 9.21 Å². The molecule has 0 radical (unpaired) electrons. The summed E-state index contributed by atoms with van der Waals surface area (Å²) in [5.41, 5.74) is 2.06. The van der Waals surface area contributed by atoms with Crippen molar-refractivity contribution >= 4 is 17.7 Å². The van der Waals surface area contributed by atoms with Crippen molar-refractivity contribution in [1.29, 1.82) is 0 Å². The number of carbonyl (C=O) groups excluding carboxylic acids is 1. The Morgan fingerprint density at radius 1 is 1.26 bits per heavy atom. The summed E-state index contributed by atoms with van der Waals surface area (Å²) in [5, 5.41) is 12.4. The maximum absolute atomic E-state index is 12.1. The van der Waals surface area contributed by atoms with E-state index in [1.165, 1.54) is 11.8 Å². The van der Waals surface area contributed by atoms with Gasteiger partial charge in [-0.2, -0.15) is 0 Å². The number of nitrogens with one attached hydrogen (secondary N) is 1. The van der Waals surface area contributed by atoms with E-state index in [2.05, 4.69) is 27.6 Å². The van der Waals surface area contributed by atoms with Gasteiger partial charge >= 0.3 is 0 Å². The molecule has 142 valence electrons. The molecule has 0 unspecified atom stereocenters. The van der Waals surface area contributed by atoms with Crippen molar-refractivity contribution in [1.82, 2.24) is 20.1 Å². The molecular weight excluding hydrogens is 360 g/mol. The van der Waals surface area contributed by atoms with Crippen LogP contribution in [-0.4, -0.2) is 32.5 Å². The van der Waals surface area contributed by atoms with Crippen LogP contribution in [-0.2, 0) is 11.3 Å². The Morgan fingerprint density at radius 2 is 2.04 bits per heavy atom. The Hall–Kier alpha value is -2.54. The van der Waals surface area contributed by atoms with E-state index in [0.717, 1.165) is 29.1 Å². The Kier molecular flexibility index (Phi) is 6.34. The predicted octanol–water partition coefficient (Wildman–Crippen LogP) is 3.90. The van der Waals surface area contributed by atoms with Crippen molar-refractivity contribution in [3.63, 3.8) is 0 Å². The molecule has 2 heterocycles. The van der Waals surface area contributed by atoms with Crippen LogP contribution >= 0.6 is 11.8 Å². The largest absolute Gasteiger partial charge is 0.469 e. The molecule has 1 amide bonds. The highest BCUT2D eigenvalue weighted by Crippen LogP contribution is 2.27. The van der Waals surface area contributed by atoms with E-state index < -0.39 is 0 Å². The van der Waals surface area contributed by atoms with Gasteiger partial charge in [-0.15, -0.1) is 10.2 Å². The normalized spacial score (nSPS) is 12.1. The molecule has 0 saturated carbocycles. The fourth-order valence-corrected chi connectivity index (χ4v) is 3.42. The van der Waals surface area contributed by atoms with Gasteiger partial charge < -0.3 is 9.73 Å². The minimum atomic E-state index is 0.00431. The Labute approximate surface area is 163 Å². The quantitative estimate of drug-likeness (QED) is 0.596. The van der Waals surface area contributed by atoms with Crippen molar-refractivity contribution in [3.05, 3.63) is 54.0 Å². The predicted molar refractivity (Wildman–Crippen MR) is 107 cm³/mol. The topological polar surface area (TPSA) is 73.0 Å². The minimum absolute atomic E-state index is 0.00431. The van der Waals surface area contributed by atoms with Gasteiger partial charge in [0.25, 0.3) is 0 Å². The third-order valence-electron chi connectivity index (χ3n) is 4.35. The summed E-state index contributed by atoms with van der Waals surface area (Å²) in [4.78, 5) is 12.1. The van der Waals surface area contributed by atoms with Crippen LogP contribution in [0.2, 0.25) is 0 Å². The fraction of sp³-hybridized carbons (Fsp3) is 0.350. The van der Waals surface area contributed by atoms with Crippen molar-refractivity contribution in [3.8, 4) is 11.4 Å². The van der Waals surface area contributed by atoms with Gasteiger partial charge in [0.2, 0.25) is 5.91 Å². The first kappa shape index (κ1) is 19.2. The SMILES string of the molecule is CC[C@H](C)NC(=O)CSc1nnc(-c2ccoc2C)n1Cc1ccccc1. The molecule has 1 aromatic carbocycles. The van der Waals surface area contributed by atoms with Gasteiger partial charge in [-0.25, -0.2) is 0 Å². The van der Waals surface area contributed by atoms with Gasteiger partial charge in [0.15, 0.2) is 11.0 Å². The van der Waals surface area contributed by atoms with Gasteiger partial charge in [0.05, 0.1) is 24.1 Å². The third kappa shape index (κ3) is 4.80. The van der Waals surface area contributed by atoms with Gasteiger partial charge in [-0.3, -0.25) is 9.36 Å². The summed E-state index contributed by atoms with van der Waals surface area (Å²) < 4.78 is 7.47. The zero-order valence-electron chi connectivity index (χ0n) is 15.8. The number of aromatic nitrogens is 3. The van der Waals surface area contributed by atoms with E-state index in [1.807, 2.05) is 49.6 Å². The average molecular weight is 385 g/mol. The minimum Gasteiger partial charge on any atom is -0.469 e. The molecule has 2 aromatic heterocycles. The molecule has 0 bridgehead atoms. The number of hydrogen-bond acceptors (Lipinski definition) is 5. The number of thioether (sulfide) groups is 1. The molecule has 0 aliphatic rings. The zero-order valence-corrected chi connectivity index (χ0v) is 16.6. The van der Waals surface area contributed by atoms with Crippen molar-refractivity contribution in [2.24, 2.45) is 0 Å². The van der Waals surface area contributed by atoms with Crippen LogP contribution in [0.15, 0.2) is 52.2 Å². The summed E-state index contributed by atoms with van der Waals surface area (Å²) in [6.07, 6.45) is 2.56. The molecule has 27 heavy (non-hydrogen) atoms. The van der Waals surface area contributed by atoms with E-state index in [9.17, 15) is 4.79 Å². The molecule has 1 atom stereocenters. The molecule has 7 heteroatoms. The lowest BCUT2D eigenvalue weighted by Gasteiger charge is -2.12. The van der Waals surface area contributed by atoms with E-state index in [1.54, 1.807) is 6.26 Å². The second kappa shape index (κ2) is 8.90. The first-order valence-corrected chi connectivity index (χ1v) is 10.0. The van der Waals surface area contributed by atoms with Crippen molar-refractivity contribution in [2.45, 2.75) is 44.9 Å². The highest BCUT2D eigenvalue weighted by atomic mass is 32.2. The van der Waals surface area contributed by atoms with E-state index >= 15 is 0 Å². The number of aryl methyl sites for hydroxylation is 1. The van der Waals surface area contributed by atoms with Crippen LogP contribution < -0.4 is 5.32 Å². The Morgan fingerprint density at radius 3 is 2.70 bits per heavy atom. The number of nitrogens with zero attached hydrogens (tertiary/aromatic N) is 3. The number of amides is 1. The highest BCUT2D eigenvalue weighted by molar-refractivity contribution is 7.99. The number of carbonyl (C=O) groups is 1. The standard InChI is InChI=1S/C20H24N4O2S/c1-4-14(2)21-18(25)13-27-20-23-22-19(17-10-11-26-15(17)3)24(20)12-16-8-6-5-7-9-16/h5-11,14H,4,12-13H2,1-3H3,(H,21,25)/t14-/m0/s1. The molecular formula is C20H24N4O2S. The smallest absolute Gasteiger partial charge is 0.230 e. The van der Waals surface area contributed by atoms with Crippen molar-refractivity contribution in [2.75, 3.05) is 5.75 Å². The molecule has 3 rings (SSSR count). The lowest BCUT2D eigenvalue weighted by molar-refractivity contribution is -0.119. The molecule has 6 nitrogen and oxygen atoms in total. The van der Waals surface area contributed by atoms with Gasteiger partial charge in [-0.05, 0) is 31.9 Å². The van der Waals surface area contributed by atoms with Gasteiger partial charge in [0, 0.05) is 6.04 Å². The van der Waals surface area contributed by atoms with Crippen LogP contribution in [0.5, 0.6) is 0 Å². The van der Waals surface area contributed by atoms with E-state index in [0.29, 0.717) is 17.5 Å². The van der Waals surface area contributed by atoms with Gasteiger partial charge in [0.1, 0.15) is 5.76 Å². The second-order valence-corrected chi connectivity index (χ2v) is 7.38. The lowest BCUT2D eigenvalue weighted by Crippen LogP contribution is -2.33. The van der Waals surface area contributed by atoms with Crippen LogP contribution in [0, 0.1) is 6.92 Å². The average Bonchev–Trinajstić information content (AvgIpc) is 3.26. The van der Waals surface area contributed by atoms with Crippen LogP contribution in [0.3, 0.4) is 0 Å². The number of hydrogen-bond donors (Lipinski definition) is 1. The monoisotopic (exact) mass is 384 g/mol. The summed E-state index contributed by atoms with van der Waals surface area (Å²) in [7, 11) is 0. The Balaban J connectivity index is 1.84. The van der Waals surface area contributed by atoms with Crippen LogP contribution in [0.25, 0.3) is 11.4 Å². The summed E-state index contributed by atoms with van der Waals surface area (Å²) in [5.74, 6) is 1.85. The summed E-state index contributed by atoms with van der Waals surface area (Å²) in [6, 6.07) is 12.2. The van der Waals surface area contributed by atoms with E-state index in [4.69, 9.17) is 4.42 Å². The molecule has 0 aliphatic carbocycles. The highest BCUT2D eigenvalue weighted by Gasteiger charge is 2.19. The maximum Gasteiger partial charge on any atom is 0.230 e. The first-order valence-electron chi connectivity index (χ1n) is 9.02. The fourth-order valence-electron chi connectivity index (χ4n) is 2.67. The number of benzene rings is 1. The molecule has 0 fully saturated rings. The number of rotatable bonds is 8. The summed E-state index contributed by atoms with van der Waals surface area (Å²) >= 11 is 1.40. The molecule has 3 aromatic rings. The zero-order chi connectivity index (χ0) is 19.2. The first-order chi connectivity index (χ1) is 13.1. The third-order valence-corrected chi connectivity index (χ3v) is 5.32. The Bertz CT molecular complexity index is 889. The lowest BCUT2D eigenvalue weighted by atomic mass is 10.2. The molecule has 1 N–H and O–H groups in total.